The van der Waals surface area contributed by atoms with Gasteiger partial charge in [0.1, 0.15) is 18.2 Å². The lowest BCUT2D eigenvalue weighted by Crippen LogP contribution is -2.25. The molecule has 4 rings (SSSR count). The van der Waals surface area contributed by atoms with Gasteiger partial charge < -0.3 is 4.74 Å². The maximum Gasteiger partial charge on any atom is 0.227 e. The summed E-state index contributed by atoms with van der Waals surface area (Å²) in [6.07, 6.45) is 0. The van der Waals surface area contributed by atoms with E-state index in [0.717, 1.165) is 20.8 Å². The molecule has 1 aliphatic heterocycles. The highest BCUT2D eigenvalue weighted by atomic mass is 32.1. The first-order valence-corrected chi connectivity index (χ1v) is 11.6. The molecule has 0 spiro atoms. The third kappa shape index (κ3) is 4.26. The molecule has 0 N–H and O–H groups in total. The van der Waals surface area contributed by atoms with Crippen LogP contribution in [0.5, 0.6) is 0 Å². The van der Waals surface area contributed by atoms with Crippen molar-refractivity contribution in [1.29, 1.82) is 0 Å². The summed E-state index contributed by atoms with van der Waals surface area (Å²) >= 11 is 1.60. The number of ether oxygens (including phenoxy) is 1. The summed E-state index contributed by atoms with van der Waals surface area (Å²) in [5, 5.41) is 5.12. The SMILES string of the molecule is CC(C)(C)[C@H]1COC(c2sccc2P(c2ccc(F)cc2)c2ccc(F)cc2)=N1. The Kier molecular flexibility index (Phi) is 5.54. The van der Waals surface area contributed by atoms with Gasteiger partial charge in [0.15, 0.2) is 0 Å². The van der Waals surface area contributed by atoms with E-state index in [9.17, 15) is 8.78 Å². The highest BCUT2D eigenvalue weighted by Crippen LogP contribution is 2.37. The molecule has 0 bridgehead atoms. The van der Waals surface area contributed by atoms with Crippen molar-refractivity contribution in [1.82, 2.24) is 0 Å². The number of nitrogens with zero attached hydrogens (tertiary/aromatic N) is 1. The average molecular weight is 429 g/mol. The van der Waals surface area contributed by atoms with E-state index in [1.54, 1.807) is 35.6 Å². The third-order valence-electron chi connectivity index (χ3n) is 4.90. The molecule has 0 aliphatic carbocycles. The van der Waals surface area contributed by atoms with Crippen molar-refractivity contribution in [2.75, 3.05) is 6.61 Å². The lowest BCUT2D eigenvalue weighted by molar-refractivity contribution is 0.236. The molecular weight excluding hydrogens is 407 g/mol. The van der Waals surface area contributed by atoms with E-state index in [0.29, 0.717) is 12.5 Å². The molecule has 2 heterocycles. The predicted molar refractivity (Wildman–Crippen MR) is 119 cm³/mol. The van der Waals surface area contributed by atoms with Crippen LogP contribution in [0.2, 0.25) is 0 Å². The fourth-order valence-electron chi connectivity index (χ4n) is 3.19. The van der Waals surface area contributed by atoms with Crippen molar-refractivity contribution < 1.29 is 13.5 Å². The van der Waals surface area contributed by atoms with Crippen LogP contribution >= 0.6 is 19.3 Å². The summed E-state index contributed by atoms with van der Waals surface area (Å²) in [7, 11) is -0.997. The number of hydrogen-bond donors (Lipinski definition) is 0. The van der Waals surface area contributed by atoms with Crippen LogP contribution < -0.4 is 15.9 Å². The molecule has 2 nitrogen and oxygen atoms in total. The van der Waals surface area contributed by atoms with E-state index in [-0.39, 0.29) is 23.1 Å². The highest BCUT2D eigenvalue weighted by Gasteiger charge is 2.33. The molecule has 0 saturated carbocycles. The molecule has 150 valence electrons. The van der Waals surface area contributed by atoms with Crippen molar-refractivity contribution >= 4 is 41.1 Å². The van der Waals surface area contributed by atoms with Crippen LogP contribution in [0.15, 0.2) is 65.0 Å². The molecule has 0 amide bonds. The summed E-state index contributed by atoms with van der Waals surface area (Å²) in [4.78, 5) is 5.85. The van der Waals surface area contributed by atoms with Crippen LogP contribution in [-0.4, -0.2) is 18.5 Å². The standard InChI is InChI=1S/C23H22F2NOPS/c1-23(2,3)20-14-27-22(26-20)21-19(12-13-29-21)28(17-8-4-15(24)5-9-17)18-10-6-16(25)7-11-18/h4-13,20H,14H2,1-3H3/t20-/m1/s1. The van der Waals surface area contributed by atoms with E-state index in [1.165, 1.54) is 24.3 Å². The second kappa shape index (κ2) is 7.97. The van der Waals surface area contributed by atoms with Gasteiger partial charge in [0, 0.05) is 5.30 Å². The van der Waals surface area contributed by atoms with Gasteiger partial charge in [-0.05, 0) is 59.7 Å². The van der Waals surface area contributed by atoms with Gasteiger partial charge in [-0.2, -0.15) is 0 Å². The van der Waals surface area contributed by atoms with Crippen LogP contribution in [0, 0.1) is 17.0 Å². The molecule has 3 aromatic rings. The predicted octanol–water partition coefficient (Wildman–Crippen LogP) is 4.98. The lowest BCUT2D eigenvalue weighted by atomic mass is 9.88. The van der Waals surface area contributed by atoms with Gasteiger partial charge in [-0.25, -0.2) is 13.8 Å². The van der Waals surface area contributed by atoms with Gasteiger partial charge in [-0.3, -0.25) is 0 Å². The Morgan fingerprint density at radius 2 is 1.48 bits per heavy atom. The van der Waals surface area contributed by atoms with Gasteiger partial charge in [-0.1, -0.05) is 45.0 Å². The minimum atomic E-state index is -0.997. The second-order valence-corrected chi connectivity index (χ2v) is 11.2. The van der Waals surface area contributed by atoms with E-state index < -0.39 is 7.92 Å². The first-order chi connectivity index (χ1) is 13.8. The van der Waals surface area contributed by atoms with Crippen LogP contribution in [0.1, 0.15) is 25.6 Å². The molecule has 1 aromatic heterocycles. The summed E-state index contributed by atoms with van der Waals surface area (Å²) in [5.41, 5.74) is 0.0256. The maximum absolute atomic E-state index is 13.5. The molecule has 0 radical (unpaired) electrons. The maximum atomic E-state index is 13.5. The fraction of sp³-hybridized carbons (Fsp3) is 0.261. The van der Waals surface area contributed by atoms with Gasteiger partial charge in [0.25, 0.3) is 0 Å². The normalized spacial score (nSPS) is 16.8. The second-order valence-electron chi connectivity index (χ2n) is 8.05. The fourth-order valence-corrected chi connectivity index (χ4v) is 6.73. The average Bonchev–Trinajstić information content (AvgIpc) is 3.34. The van der Waals surface area contributed by atoms with Crippen LogP contribution in [-0.2, 0) is 4.74 Å². The Morgan fingerprint density at radius 1 is 0.931 bits per heavy atom. The molecule has 0 unspecified atom stereocenters. The van der Waals surface area contributed by atoms with Gasteiger partial charge in [-0.15, -0.1) is 11.3 Å². The van der Waals surface area contributed by atoms with Crippen LogP contribution in [0.3, 0.4) is 0 Å². The molecule has 1 aliphatic rings. The van der Waals surface area contributed by atoms with E-state index in [2.05, 4.69) is 26.8 Å². The Labute approximate surface area is 175 Å². The van der Waals surface area contributed by atoms with Crippen LogP contribution in [0.4, 0.5) is 8.78 Å². The minimum Gasteiger partial charge on any atom is -0.475 e. The van der Waals surface area contributed by atoms with E-state index in [1.807, 2.05) is 5.38 Å². The van der Waals surface area contributed by atoms with Crippen molar-refractivity contribution in [2.45, 2.75) is 26.8 Å². The monoisotopic (exact) mass is 429 g/mol. The number of rotatable bonds is 4. The Morgan fingerprint density at radius 3 is 1.97 bits per heavy atom. The molecule has 29 heavy (non-hydrogen) atoms. The van der Waals surface area contributed by atoms with Crippen molar-refractivity contribution in [3.8, 4) is 0 Å². The van der Waals surface area contributed by atoms with Crippen LogP contribution in [0.25, 0.3) is 0 Å². The molecule has 0 saturated heterocycles. The third-order valence-corrected chi connectivity index (χ3v) is 8.44. The summed E-state index contributed by atoms with van der Waals surface area (Å²) in [5.74, 6) is 0.126. The Hall–Kier alpha value is -2.10. The topological polar surface area (TPSA) is 21.6 Å². The number of benzene rings is 2. The molecule has 6 heteroatoms. The van der Waals surface area contributed by atoms with Gasteiger partial charge in [0.05, 0.1) is 10.9 Å². The molecule has 2 aromatic carbocycles. The van der Waals surface area contributed by atoms with E-state index in [4.69, 9.17) is 9.73 Å². The lowest BCUT2D eigenvalue weighted by Gasteiger charge is -2.21. The largest absolute Gasteiger partial charge is 0.475 e. The summed E-state index contributed by atoms with van der Waals surface area (Å²) in [6.45, 7) is 7.05. The zero-order chi connectivity index (χ0) is 20.6. The molecule has 1 atom stereocenters. The van der Waals surface area contributed by atoms with Gasteiger partial charge >= 0.3 is 0 Å². The summed E-state index contributed by atoms with van der Waals surface area (Å²) in [6, 6.07) is 15.3. The van der Waals surface area contributed by atoms with Gasteiger partial charge in [0.2, 0.25) is 5.90 Å². The Bertz CT molecular complexity index is 977. The zero-order valence-electron chi connectivity index (χ0n) is 16.5. The summed E-state index contributed by atoms with van der Waals surface area (Å²) < 4.78 is 33.1. The number of aliphatic imine (C=N–C) groups is 1. The first kappa shape index (κ1) is 20.2. The van der Waals surface area contributed by atoms with Crippen molar-refractivity contribution in [3.05, 3.63) is 76.5 Å². The zero-order valence-corrected chi connectivity index (χ0v) is 18.2. The quantitative estimate of drug-likeness (QED) is 0.537. The molecular formula is C23H22F2NOPS. The Balaban J connectivity index is 1.80. The van der Waals surface area contributed by atoms with Crippen molar-refractivity contribution in [3.63, 3.8) is 0 Å². The number of thiophene rings is 1. The number of halogens is 2. The van der Waals surface area contributed by atoms with Crippen molar-refractivity contribution in [2.24, 2.45) is 10.4 Å². The first-order valence-electron chi connectivity index (χ1n) is 9.42. The highest BCUT2D eigenvalue weighted by molar-refractivity contribution is 7.80. The number of hydrogen-bond acceptors (Lipinski definition) is 3. The van der Waals surface area contributed by atoms with E-state index >= 15 is 0 Å². The minimum absolute atomic E-state index is 0.0256. The smallest absolute Gasteiger partial charge is 0.227 e. The molecule has 0 fully saturated rings.